The standard InChI is InChI=1S/C15H23ClN2/c1-11(8-9-18(2)3)17-15-7-4-12-10-13(16)5-6-14(12)15/h5-6,10-11,15,17H,4,7-9H2,1-3H3. The molecule has 0 amide bonds. The van der Waals surface area contributed by atoms with Gasteiger partial charge in [-0.2, -0.15) is 0 Å². The van der Waals surface area contributed by atoms with E-state index in [1.165, 1.54) is 24.0 Å². The number of nitrogens with zero attached hydrogens (tertiary/aromatic N) is 1. The molecule has 0 saturated heterocycles. The predicted octanol–water partition coefficient (Wildman–Crippen LogP) is 3.26. The Labute approximate surface area is 115 Å². The second kappa shape index (κ2) is 6.05. The van der Waals surface area contributed by atoms with Crippen LogP contribution in [0.25, 0.3) is 0 Å². The summed E-state index contributed by atoms with van der Waals surface area (Å²) in [4.78, 5) is 2.24. The zero-order chi connectivity index (χ0) is 13.1. The molecule has 2 rings (SSSR count). The van der Waals surface area contributed by atoms with Crippen LogP contribution in [0.4, 0.5) is 0 Å². The molecule has 1 aliphatic rings. The zero-order valence-electron chi connectivity index (χ0n) is 11.5. The van der Waals surface area contributed by atoms with Crippen molar-refractivity contribution in [3.8, 4) is 0 Å². The summed E-state index contributed by atoms with van der Waals surface area (Å²) in [5, 5.41) is 4.60. The third-order valence-electron chi connectivity index (χ3n) is 3.68. The molecule has 0 heterocycles. The van der Waals surface area contributed by atoms with E-state index in [1.807, 2.05) is 6.07 Å². The number of rotatable bonds is 5. The third-order valence-corrected chi connectivity index (χ3v) is 3.91. The number of hydrogen-bond acceptors (Lipinski definition) is 2. The van der Waals surface area contributed by atoms with Crippen LogP contribution in [0, 0.1) is 0 Å². The Bertz CT molecular complexity index is 403. The van der Waals surface area contributed by atoms with Crippen molar-refractivity contribution in [1.82, 2.24) is 10.2 Å². The lowest BCUT2D eigenvalue weighted by Gasteiger charge is -2.22. The molecule has 0 bridgehead atoms. The fraction of sp³-hybridized carbons (Fsp3) is 0.600. The molecule has 2 nitrogen and oxygen atoms in total. The second-order valence-corrected chi connectivity index (χ2v) is 6.03. The van der Waals surface area contributed by atoms with Crippen molar-refractivity contribution in [2.75, 3.05) is 20.6 Å². The smallest absolute Gasteiger partial charge is 0.0408 e. The minimum absolute atomic E-state index is 0.509. The van der Waals surface area contributed by atoms with Gasteiger partial charge in [-0.25, -0.2) is 0 Å². The maximum absolute atomic E-state index is 6.04. The minimum Gasteiger partial charge on any atom is -0.309 e. The normalized spacial score (nSPS) is 20.2. The van der Waals surface area contributed by atoms with E-state index in [-0.39, 0.29) is 0 Å². The molecule has 1 aromatic carbocycles. The summed E-state index contributed by atoms with van der Waals surface area (Å²) in [7, 11) is 4.25. The first-order valence-electron chi connectivity index (χ1n) is 6.75. The maximum Gasteiger partial charge on any atom is 0.0408 e. The Hall–Kier alpha value is -0.570. The summed E-state index contributed by atoms with van der Waals surface area (Å²) < 4.78 is 0. The van der Waals surface area contributed by atoms with Crippen LogP contribution in [0.5, 0.6) is 0 Å². The van der Waals surface area contributed by atoms with Crippen LogP contribution in [-0.2, 0) is 6.42 Å². The van der Waals surface area contributed by atoms with Crippen molar-refractivity contribution in [3.05, 3.63) is 34.3 Å². The van der Waals surface area contributed by atoms with Gasteiger partial charge in [-0.05, 0) is 70.1 Å². The molecule has 0 fully saturated rings. The lowest BCUT2D eigenvalue weighted by molar-refractivity contribution is 0.349. The van der Waals surface area contributed by atoms with Crippen LogP contribution in [0.15, 0.2) is 18.2 Å². The van der Waals surface area contributed by atoms with Crippen LogP contribution in [0.2, 0.25) is 5.02 Å². The third kappa shape index (κ3) is 3.47. The van der Waals surface area contributed by atoms with Crippen molar-refractivity contribution in [2.45, 2.75) is 38.3 Å². The summed E-state index contributed by atoms with van der Waals surface area (Å²) >= 11 is 6.04. The largest absolute Gasteiger partial charge is 0.309 e. The van der Waals surface area contributed by atoms with E-state index < -0.39 is 0 Å². The molecule has 0 aromatic heterocycles. The van der Waals surface area contributed by atoms with Gasteiger partial charge in [0.2, 0.25) is 0 Å². The van der Waals surface area contributed by atoms with Crippen molar-refractivity contribution in [3.63, 3.8) is 0 Å². The Morgan fingerprint density at radius 3 is 2.94 bits per heavy atom. The van der Waals surface area contributed by atoms with Gasteiger partial charge in [-0.1, -0.05) is 17.7 Å². The van der Waals surface area contributed by atoms with Crippen molar-refractivity contribution in [2.24, 2.45) is 0 Å². The number of halogens is 1. The van der Waals surface area contributed by atoms with Crippen molar-refractivity contribution < 1.29 is 0 Å². The van der Waals surface area contributed by atoms with Crippen LogP contribution in [-0.4, -0.2) is 31.6 Å². The van der Waals surface area contributed by atoms with Crippen LogP contribution in [0.1, 0.15) is 36.9 Å². The van der Waals surface area contributed by atoms with Crippen LogP contribution >= 0.6 is 11.6 Å². The van der Waals surface area contributed by atoms with E-state index >= 15 is 0 Å². The Balaban J connectivity index is 1.93. The highest BCUT2D eigenvalue weighted by Crippen LogP contribution is 2.33. The first-order chi connectivity index (χ1) is 8.56. The average Bonchev–Trinajstić information content (AvgIpc) is 2.69. The van der Waals surface area contributed by atoms with Gasteiger partial charge in [0.05, 0.1) is 0 Å². The minimum atomic E-state index is 0.509. The first-order valence-corrected chi connectivity index (χ1v) is 7.13. The molecule has 2 atom stereocenters. The monoisotopic (exact) mass is 266 g/mol. The van der Waals surface area contributed by atoms with E-state index in [9.17, 15) is 0 Å². The first kappa shape index (κ1) is 13.9. The molecule has 0 spiro atoms. The molecule has 0 aliphatic heterocycles. The average molecular weight is 267 g/mol. The molecule has 2 unspecified atom stereocenters. The van der Waals surface area contributed by atoms with Crippen LogP contribution in [0.3, 0.4) is 0 Å². The fourth-order valence-electron chi connectivity index (χ4n) is 2.64. The molecule has 1 N–H and O–H groups in total. The van der Waals surface area contributed by atoms with E-state index in [1.54, 1.807) is 0 Å². The highest BCUT2D eigenvalue weighted by molar-refractivity contribution is 6.30. The van der Waals surface area contributed by atoms with Gasteiger partial charge >= 0.3 is 0 Å². The van der Waals surface area contributed by atoms with Gasteiger partial charge in [-0.3, -0.25) is 0 Å². The molecule has 1 aliphatic carbocycles. The Morgan fingerprint density at radius 2 is 2.22 bits per heavy atom. The maximum atomic E-state index is 6.04. The summed E-state index contributed by atoms with van der Waals surface area (Å²) in [6, 6.07) is 7.36. The molecular formula is C15H23ClN2. The summed E-state index contributed by atoms with van der Waals surface area (Å²) in [5.74, 6) is 0. The Kier molecular flexibility index (Phi) is 4.66. The van der Waals surface area contributed by atoms with Crippen molar-refractivity contribution in [1.29, 1.82) is 0 Å². The number of nitrogens with one attached hydrogen (secondary N) is 1. The van der Waals surface area contributed by atoms with Crippen LogP contribution < -0.4 is 5.32 Å². The van der Waals surface area contributed by atoms with Gasteiger partial charge in [0, 0.05) is 17.1 Å². The topological polar surface area (TPSA) is 15.3 Å². The number of benzene rings is 1. The van der Waals surface area contributed by atoms with Gasteiger partial charge in [-0.15, -0.1) is 0 Å². The highest BCUT2D eigenvalue weighted by Gasteiger charge is 2.23. The highest BCUT2D eigenvalue weighted by atomic mass is 35.5. The van der Waals surface area contributed by atoms with Gasteiger partial charge in [0.25, 0.3) is 0 Å². The summed E-state index contributed by atoms with van der Waals surface area (Å²) in [5.41, 5.74) is 2.86. The van der Waals surface area contributed by atoms with E-state index in [2.05, 4.69) is 43.4 Å². The van der Waals surface area contributed by atoms with E-state index in [0.717, 1.165) is 18.0 Å². The molecule has 100 valence electrons. The van der Waals surface area contributed by atoms with Gasteiger partial charge in [0.1, 0.15) is 0 Å². The quantitative estimate of drug-likeness (QED) is 0.880. The fourth-order valence-corrected chi connectivity index (χ4v) is 2.83. The van der Waals surface area contributed by atoms with Gasteiger partial charge in [0.15, 0.2) is 0 Å². The molecular weight excluding hydrogens is 244 g/mol. The lowest BCUT2D eigenvalue weighted by Crippen LogP contribution is -2.32. The predicted molar refractivity (Wildman–Crippen MR) is 78.3 cm³/mol. The number of fused-ring (bicyclic) bond motifs is 1. The van der Waals surface area contributed by atoms with E-state index in [4.69, 9.17) is 11.6 Å². The van der Waals surface area contributed by atoms with Crippen molar-refractivity contribution >= 4 is 11.6 Å². The summed E-state index contributed by atoms with van der Waals surface area (Å²) in [6.07, 6.45) is 3.53. The molecule has 18 heavy (non-hydrogen) atoms. The van der Waals surface area contributed by atoms with E-state index in [0.29, 0.717) is 12.1 Å². The number of aryl methyl sites for hydroxylation is 1. The zero-order valence-corrected chi connectivity index (χ0v) is 12.3. The lowest BCUT2D eigenvalue weighted by atomic mass is 10.1. The second-order valence-electron chi connectivity index (χ2n) is 5.59. The number of hydrogen-bond donors (Lipinski definition) is 1. The SMILES string of the molecule is CC(CCN(C)C)NC1CCc2cc(Cl)ccc21. The summed E-state index contributed by atoms with van der Waals surface area (Å²) in [6.45, 7) is 3.41. The molecule has 0 radical (unpaired) electrons. The molecule has 1 aromatic rings. The molecule has 0 saturated carbocycles. The van der Waals surface area contributed by atoms with Gasteiger partial charge < -0.3 is 10.2 Å². The molecule has 3 heteroatoms. The Morgan fingerprint density at radius 1 is 1.44 bits per heavy atom.